The Morgan fingerprint density at radius 2 is 2.00 bits per heavy atom. The van der Waals surface area contributed by atoms with Crippen molar-refractivity contribution in [3.8, 4) is 11.8 Å². The highest BCUT2D eigenvalue weighted by Gasteiger charge is 2.14. The molecule has 0 unspecified atom stereocenters. The van der Waals surface area contributed by atoms with Crippen LogP contribution >= 0.6 is 0 Å². The summed E-state index contributed by atoms with van der Waals surface area (Å²) in [5.74, 6) is 5.21. The summed E-state index contributed by atoms with van der Waals surface area (Å²) in [4.78, 5) is 12.0. The lowest BCUT2D eigenvalue weighted by atomic mass is 9.96. The Balaban J connectivity index is 2.85. The molecule has 0 aromatic heterocycles. The van der Waals surface area contributed by atoms with Crippen LogP contribution in [0.15, 0.2) is 24.3 Å². The summed E-state index contributed by atoms with van der Waals surface area (Å²) in [5, 5.41) is 11.6. The highest BCUT2D eigenvalue weighted by Crippen LogP contribution is 2.12. The Bertz CT molecular complexity index is 475. The fourth-order valence-corrected chi connectivity index (χ4v) is 1.37. The summed E-state index contributed by atoms with van der Waals surface area (Å²) in [6.45, 7) is 6.58. The number of carbonyl (C=O) groups is 1. The summed E-state index contributed by atoms with van der Waals surface area (Å²) in [7, 11) is 0. The minimum Gasteiger partial charge on any atom is -0.384 e. The second-order valence-electron chi connectivity index (χ2n) is 5.25. The molecule has 0 atom stereocenters. The number of amides is 1. The first-order chi connectivity index (χ1) is 8.44. The third kappa shape index (κ3) is 4.60. The van der Waals surface area contributed by atoms with Gasteiger partial charge in [-0.1, -0.05) is 44.7 Å². The Labute approximate surface area is 108 Å². The van der Waals surface area contributed by atoms with E-state index in [0.29, 0.717) is 17.7 Å². The number of benzene rings is 1. The van der Waals surface area contributed by atoms with Crippen LogP contribution in [0.25, 0.3) is 0 Å². The maximum atomic E-state index is 12.0. The van der Waals surface area contributed by atoms with Crippen molar-refractivity contribution in [1.82, 2.24) is 5.32 Å². The average molecular weight is 245 g/mol. The molecule has 96 valence electrons. The number of aliphatic hydroxyl groups is 1. The molecule has 1 aromatic carbocycles. The monoisotopic (exact) mass is 245 g/mol. The molecule has 1 rings (SSSR count). The summed E-state index contributed by atoms with van der Waals surface area (Å²) in [6.07, 6.45) is 0. The van der Waals surface area contributed by atoms with Gasteiger partial charge in [0.2, 0.25) is 0 Å². The number of nitrogens with one attached hydrogen (secondary N) is 1. The van der Waals surface area contributed by atoms with E-state index in [-0.39, 0.29) is 17.9 Å². The summed E-state index contributed by atoms with van der Waals surface area (Å²) < 4.78 is 0. The zero-order chi connectivity index (χ0) is 13.6. The van der Waals surface area contributed by atoms with Crippen LogP contribution in [0.5, 0.6) is 0 Å². The van der Waals surface area contributed by atoms with Crippen molar-refractivity contribution >= 4 is 5.91 Å². The molecule has 0 heterocycles. The van der Waals surface area contributed by atoms with E-state index in [4.69, 9.17) is 5.11 Å². The van der Waals surface area contributed by atoms with Crippen molar-refractivity contribution in [3.63, 3.8) is 0 Å². The molecule has 0 aliphatic rings. The first-order valence-electron chi connectivity index (χ1n) is 5.91. The van der Waals surface area contributed by atoms with Gasteiger partial charge in [0.05, 0.1) is 5.56 Å². The first-order valence-corrected chi connectivity index (χ1v) is 5.91. The molecule has 0 aliphatic heterocycles. The van der Waals surface area contributed by atoms with Crippen LogP contribution in [0, 0.1) is 17.3 Å². The number of hydrogen-bond donors (Lipinski definition) is 2. The van der Waals surface area contributed by atoms with Gasteiger partial charge >= 0.3 is 0 Å². The van der Waals surface area contributed by atoms with Crippen LogP contribution in [-0.4, -0.2) is 24.2 Å². The van der Waals surface area contributed by atoms with Gasteiger partial charge in [-0.2, -0.15) is 0 Å². The van der Waals surface area contributed by atoms with E-state index in [1.54, 1.807) is 18.2 Å². The van der Waals surface area contributed by atoms with Gasteiger partial charge in [-0.05, 0) is 17.5 Å². The minimum absolute atomic E-state index is 0.0430. The van der Waals surface area contributed by atoms with Crippen LogP contribution in [0.2, 0.25) is 0 Å². The molecule has 1 aromatic rings. The van der Waals surface area contributed by atoms with E-state index in [1.165, 1.54) is 0 Å². The average Bonchev–Trinajstić information content (AvgIpc) is 2.33. The zero-order valence-electron chi connectivity index (χ0n) is 11.1. The molecular weight excluding hydrogens is 226 g/mol. The van der Waals surface area contributed by atoms with Crippen LogP contribution in [0.1, 0.15) is 36.7 Å². The lowest BCUT2D eigenvalue weighted by Crippen LogP contribution is -2.32. The molecular formula is C15H19NO2. The molecule has 0 saturated heterocycles. The normalized spacial score (nSPS) is 10.4. The smallest absolute Gasteiger partial charge is 0.252 e. The van der Waals surface area contributed by atoms with E-state index >= 15 is 0 Å². The second kappa shape index (κ2) is 6.23. The van der Waals surface area contributed by atoms with Crippen molar-refractivity contribution < 1.29 is 9.90 Å². The first kappa shape index (κ1) is 14.3. The topological polar surface area (TPSA) is 49.3 Å². The Morgan fingerprint density at radius 3 is 2.61 bits per heavy atom. The molecule has 0 bridgehead atoms. The van der Waals surface area contributed by atoms with Crippen LogP contribution in [0.4, 0.5) is 0 Å². The van der Waals surface area contributed by atoms with Crippen molar-refractivity contribution in [1.29, 1.82) is 0 Å². The third-order valence-corrected chi connectivity index (χ3v) is 2.25. The summed E-state index contributed by atoms with van der Waals surface area (Å²) in [5.41, 5.74) is 1.22. The maximum Gasteiger partial charge on any atom is 0.252 e. The van der Waals surface area contributed by atoms with E-state index in [2.05, 4.69) is 37.9 Å². The second-order valence-corrected chi connectivity index (χ2v) is 5.25. The number of aliphatic hydroxyl groups excluding tert-OH is 1. The summed E-state index contributed by atoms with van der Waals surface area (Å²) in [6, 6.07) is 7.13. The molecule has 3 nitrogen and oxygen atoms in total. The number of hydrogen-bond acceptors (Lipinski definition) is 2. The van der Waals surface area contributed by atoms with Crippen molar-refractivity contribution in [3.05, 3.63) is 35.4 Å². The van der Waals surface area contributed by atoms with Gasteiger partial charge in [-0.3, -0.25) is 4.79 Å². The van der Waals surface area contributed by atoms with Crippen molar-refractivity contribution in [2.24, 2.45) is 5.41 Å². The highest BCUT2D eigenvalue weighted by molar-refractivity contribution is 5.96. The van der Waals surface area contributed by atoms with Gasteiger partial charge in [-0.15, -0.1) is 0 Å². The van der Waals surface area contributed by atoms with Crippen LogP contribution in [0.3, 0.4) is 0 Å². The molecule has 0 radical (unpaired) electrons. The van der Waals surface area contributed by atoms with Crippen molar-refractivity contribution in [2.75, 3.05) is 13.2 Å². The van der Waals surface area contributed by atoms with Crippen LogP contribution < -0.4 is 5.32 Å². The Kier molecular flexibility index (Phi) is 4.94. The molecule has 1 amide bonds. The zero-order valence-corrected chi connectivity index (χ0v) is 11.1. The summed E-state index contributed by atoms with van der Waals surface area (Å²) >= 11 is 0. The molecule has 0 fully saturated rings. The quantitative estimate of drug-likeness (QED) is 0.781. The largest absolute Gasteiger partial charge is 0.384 e. The Morgan fingerprint density at radius 1 is 1.33 bits per heavy atom. The number of carbonyl (C=O) groups excluding carboxylic acids is 1. The standard InChI is InChI=1S/C15H19NO2/c1-15(2,3)11-16-14(18)13-9-5-4-7-12(13)8-6-10-17/h4-5,7,9,17H,10-11H2,1-3H3,(H,16,18). The molecule has 0 saturated carbocycles. The highest BCUT2D eigenvalue weighted by atomic mass is 16.2. The molecule has 2 N–H and O–H groups in total. The van der Waals surface area contributed by atoms with Crippen LogP contribution in [-0.2, 0) is 0 Å². The SMILES string of the molecule is CC(C)(C)CNC(=O)c1ccccc1C#CCO. The van der Waals surface area contributed by atoms with E-state index < -0.39 is 0 Å². The van der Waals surface area contributed by atoms with Gasteiger partial charge in [0.1, 0.15) is 6.61 Å². The lowest BCUT2D eigenvalue weighted by Gasteiger charge is -2.18. The third-order valence-electron chi connectivity index (χ3n) is 2.25. The van der Waals surface area contributed by atoms with Gasteiger partial charge < -0.3 is 10.4 Å². The lowest BCUT2D eigenvalue weighted by molar-refractivity contribution is 0.0939. The molecule has 0 spiro atoms. The van der Waals surface area contributed by atoms with E-state index in [9.17, 15) is 4.79 Å². The fraction of sp³-hybridized carbons (Fsp3) is 0.400. The van der Waals surface area contributed by atoms with E-state index in [1.807, 2.05) is 6.07 Å². The molecule has 18 heavy (non-hydrogen) atoms. The van der Waals surface area contributed by atoms with Gasteiger partial charge in [-0.25, -0.2) is 0 Å². The van der Waals surface area contributed by atoms with E-state index in [0.717, 1.165) is 0 Å². The predicted molar refractivity (Wildman–Crippen MR) is 72.2 cm³/mol. The minimum atomic E-state index is -0.210. The predicted octanol–water partition coefficient (Wildman–Crippen LogP) is 1.81. The van der Waals surface area contributed by atoms with Gasteiger partial charge in [0, 0.05) is 12.1 Å². The number of rotatable bonds is 2. The molecule has 0 aliphatic carbocycles. The fourth-order valence-electron chi connectivity index (χ4n) is 1.37. The molecule has 3 heteroatoms. The Hall–Kier alpha value is -1.79. The maximum absolute atomic E-state index is 12.0. The van der Waals surface area contributed by atoms with Crippen molar-refractivity contribution in [2.45, 2.75) is 20.8 Å². The van der Waals surface area contributed by atoms with Gasteiger partial charge in [0.15, 0.2) is 0 Å². The van der Waals surface area contributed by atoms with Gasteiger partial charge in [0.25, 0.3) is 5.91 Å².